The fourth-order valence-electron chi connectivity index (χ4n) is 2.27. The Kier molecular flexibility index (Phi) is 3.83. The van der Waals surface area contributed by atoms with E-state index in [1.54, 1.807) is 19.1 Å². The van der Waals surface area contributed by atoms with Gasteiger partial charge in [-0.15, -0.1) is 0 Å². The predicted octanol–water partition coefficient (Wildman–Crippen LogP) is 2.07. The second-order valence-corrected chi connectivity index (χ2v) is 4.89. The third kappa shape index (κ3) is 2.92. The van der Waals surface area contributed by atoms with Crippen molar-refractivity contribution in [3.05, 3.63) is 35.1 Å². The number of aryl methyl sites for hydroxylation is 1. The van der Waals surface area contributed by atoms with E-state index >= 15 is 0 Å². The van der Waals surface area contributed by atoms with Gasteiger partial charge in [0.25, 0.3) is 5.91 Å². The molecule has 1 unspecified atom stereocenters. The molecule has 1 atom stereocenters. The van der Waals surface area contributed by atoms with Gasteiger partial charge in [0.2, 0.25) is 0 Å². The minimum absolute atomic E-state index is 0.198. The zero-order chi connectivity index (χ0) is 14.0. The van der Waals surface area contributed by atoms with Gasteiger partial charge in [0.05, 0.1) is 5.92 Å². The van der Waals surface area contributed by atoms with Crippen molar-refractivity contribution in [1.29, 1.82) is 0 Å². The molecule has 1 aliphatic rings. The number of nitrogens with zero attached hydrogens (tertiary/aromatic N) is 1. The van der Waals surface area contributed by atoms with Crippen LogP contribution in [0.5, 0.6) is 0 Å². The minimum Gasteiger partial charge on any atom is -0.481 e. The van der Waals surface area contributed by atoms with E-state index in [9.17, 15) is 14.0 Å². The molecule has 0 bridgehead atoms. The summed E-state index contributed by atoms with van der Waals surface area (Å²) in [4.78, 5) is 24.7. The van der Waals surface area contributed by atoms with Crippen molar-refractivity contribution in [1.82, 2.24) is 4.90 Å². The minimum atomic E-state index is -0.882. The highest BCUT2D eigenvalue weighted by Crippen LogP contribution is 2.19. The molecule has 1 aliphatic heterocycles. The third-order valence-electron chi connectivity index (χ3n) is 3.48. The van der Waals surface area contributed by atoms with Crippen LogP contribution in [-0.4, -0.2) is 35.0 Å². The Morgan fingerprint density at radius 2 is 2.16 bits per heavy atom. The SMILES string of the molecule is Cc1ccc(C(=O)N2CCCC(C(=O)O)C2)cc1F. The summed E-state index contributed by atoms with van der Waals surface area (Å²) in [5, 5.41) is 8.99. The molecule has 1 saturated heterocycles. The molecule has 0 radical (unpaired) electrons. The number of aliphatic carboxylic acids is 1. The van der Waals surface area contributed by atoms with Gasteiger partial charge in [0.1, 0.15) is 5.82 Å². The molecule has 102 valence electrons. The fourth-order valence-corrected chi connectivity index (χ4v) is 2.27. The lowest BCUT2D eigenvalue weighted by molar-refractivity contribution is -0.143. The molecule has 2 rings (SSSR count). The molecule has 1 aromatic carbocycles. The zero-order valence-corrected chi connectivity index (χ0v) is 10.7. The Bertz CT molecular complexity index is 515. The first-order valence-corrected chi connectivity index (χ1v) is 6.27. The number of benzene rings is 1. The van der Waals surface area contributed by atoms with Gasteiger partial charge in [-0.25, -0.2) is 4.39 Å². The van der Waals surface area contributed by atoms with Crippen molar-refractivity contribution in [3.8, 4) is 0 Å². The summed E-state index contributed by atoms with van der Waals surface area (Å²) in [6.07, 6.45) is 1.25. The molecule has 4 nitrogen and oxygen atoms in total. The van der Waals surface area contributed by atoms with Crippen molar-refractivity contribution < 1.29 is 19.1 Å². The highest BCUT2D eigenvalue weighted by atomic mass is 19.1. The second kappa shape index (κ2) is 5.38. The number of hydrogen-bond donors (Lipinski definition) is 1. The van der Waals surface area contributed by atoms with Crippen LogP contribution < -0.4 is 0 Å². The lowest BCUT2D eigenvalue weighted by Gasteiger charge is -2.30. The van der Waals surface area contributed by atoms with Gasteiger partial charge in [-0.3, -0.25) is 9.59 Å². The molecule has 1 amide bonds. The number of piperidine rings is 1. The highest BCUT2D eigenvalue weighted by molar-refractivity contribution is 5.94. The molecule has 0 spiro atoms. The Hall–Kier alpha value is -1.91. The number of hydrogen-bond acceptors (Lipinski definition) is 2. The molecular weight excluding hydrogens is 249 g/mol. The molecule has 5 heteroatoms. The van der Waals surface area contributed by atoms with E-state index in [-0.39, 0.29) is 18.0 Å². The Labute approximate surface area is 110 Å². The van der Waals surface area contributed by atoms with Crippen LogP contribution in [0.4, 0.5) is 4.39 Å². The molecule has 1 heterocycles. The molecule has 19 heavy (non-hydrogen) atoms. The number of amides is 1. The summed E-state index contributed by atoms with van der Waals surface area (Å²) >= 11 is 0. The van der Waals surface area contributed by atoms with Gasteiger partial charge in [-0.2, -0.15) is 0 Å². The lowest BCUT2D eigenvalue weighted by atomic mass is 9.97. The largest absolute Gasteiger partial charge is 0.481 e. The van der Waals surface area contributed by atoms with Crippen molar-refractivity contribution in [3.63, 3.8) is 0 Å². The predicted molar refractivity (Wildman–Crippen MR) is 67.4 cm³/mol. The van der Waals surface area contributed by atoms with E-state index in [2.05, 4.69) is 0 Å². The first kappa shape index (κ1) is 13.5. The van der Waals surface area contributed by atoms with Gasteiger partial charge < -0.3 is 10.0 Å². The van der Waals surface area contributed by atoms with Gasteiger partial charge in [-0.1, -0.05) is 6.07 Å². The standard InChI is InChI=1S/C14H16FNO3/c1-9-4-5-10(7-12(9)15)13(17)16-6-2-3-11(8-16)14(18)19/h4-5,7,11H,2-3,6,8H2,1H3,(H,18,19). The van der Waals surface area contributed by atoms with Crippen LogP contribution >= 0.6 is 0 Å². The number of halogens is 1. The van der Waals surface area contributed by atoms with Crippen molar-refractivity contribution in [2.24, 2.45) is 5.92 Å². The molecule has 0 aromatic heterocycles. The van der Waals surface area contributed by atoms with E-state index in [0.29, 0.717) is 24.9 Å². The summed E-state index contributed by atoms with van der Waals surface area (Å²) in [5.74, 6) is -2.12. The first-order valence-electron chi connectivity index (χ1n) is 6.27. The van der Waals surface area contributed by atoms with Gasteiger partial charge in [-0.05, 0) is 37.5 Å². The Morgan fingerprint density at radius 3 is 2.79 bits per heavy atom. The maximum Gasteiger partial charge on any atom is 0.308 e. The first-order chi connectivity index (χ1) is 8.99. The van der Waals surface area contributed by atoms with Gasteiger partial charge in [0, 0.05) is 18.7 Å². The summed E-state index contributed by atoms with van der Waals surface area (Å²) < 4.78 is 13.4. The van der Waals surface area contributed by atoms with Crippen molar-refractivity contribution in [2.45, 2.75) is 19.8 Å². The van der Waals surface area contributed by atoms with Crippen LogP contribution in [0.3, 0.4) is 0 Å². The summed E-state index contributed by atoms with van der Waals surface area (Å²) in [7, 11) is 0. The maximum atomic E-state index is 13.4. The van der Waals surface area contributed by atoms with Crippen molar-refractivity contribution >= 4 is 11.9 Å². The molecule has 1 fully saturated rings. The normalized spacial score (nSPS) is 19.3. The van der Waals surface area contributed by atoms with Crippen LogP contribution in [0.25, 0.3) is 0 Å². The number of rotatable bonds is 2. The van der Waals surface area contributed by atoms with Gasteiger partial charge >= 0.3 is 5.97 Å². The average molecular weight is 265 g/mol. The number of carboxylic acids is 1. The number of likely N-dealkylation sites (tertiary alicyclic amines) is 1. The average Bonchev–Trinajstić information content (AvgIpc) is 2.41. The van der Waals surface area contributed by atoms with Crippen LogP contribution in [0.1, 0.15) is 28.8 Å². The Morgan fingerprint density at radius 1 is 1.42 bits per heavy atom. The van der Waals surface area contributed by atoms with E-state index in [1.807, 2.05) is 0 Å². The van der Waals surface area contributed by atoms with E-state index in [0.717, 1.165) is 0 Å². The Balaban J connectivity index is 2.14. The highest BCUT2D eigenvalue weighted by Gasteiger charge is 2.28. The summed E-state index contributed by atoms with van der Waals surface area (Å²) in [6.45, 7) is 2.35. The molecule has 0 saturated carbocycles. The number of carbonyl (C=O) groups is 2. The number of carbonyl (C=O) groups excluding carboxylic acids is 1. The molecular formula is C14H16FNO3. The monoisotopic (exact) mass is 265 g/mol. The van der Waals surface area contributed by atoms with Crippen LogP contribution in [0, 0.1) is 18.7 Å². The second-order valence-electron chi connectivity index (χ2n) is 4.89. The van der Waals surface area contributed by atoms with E-state index in [1.165, 1.54) is 11.0 Å². The summed E-state index contributed by atoms with van der Waals surface area (Å²) in [5.41, 5.74) is 0.757. The number of carboxylic acid groups (broad SMARTS) is 1. The molecule has 1 aromatic rings. The van der Waals surface area contributed by atoms with Crippen LogP contribution in [0.2, 0.25) is 0 Å². The molecule has 1 N–H and O–H groups in total. The van der Waals surface area contributed by atoms with E-state index < -0.39 is 17.7 Å². The van der Waals surface area contributed by atoms with Gasteiger partial charge in [0.15, 0.2) is 0 Å². The lowest BCUT2D eigenvalue weighted by Crippen LogP contribution is -2.42. The quantitative estimate of drug-likeness (QED) is 0.890. The fraction of sp³-hybridized carbons (Fsp3) is 0.429. The smallest absolute Gasteiger partial charge is 0.308 e. The topological polar surface area (TPSA) is 57.6 Å². The van der Waals surface area contributed by atoms with Crippen LogP contribution in [0.15, 0.2) is 18.2 Å². The van der Waals surface area contributed by atoms with Crippen molar-refractivity contribution in [2.75, 3.05) is 13.1 Å². The molecule has 0 aliphatic carbocycles. The summed E-state index contributed by atoms with van der Waals surface area (Å²) in [6, 6.07) is 4.34. The maximum absolute atomic E-state index is 13.4. The third-order valence-corrected chi connectivity index (χ3v) is 3.48. The zero-order valence-electron chi connectivity index (χ0n) is 10.7. The van der Waals surface area contributed by atoms with Crippen LogP contribution in [-0.2, 0) is 4.79 Å². The van der Waals surface area contributed by atoms with E-state index in [4.69, 9.17) is 5.11 Å².